The second kappa shape index (κ2) is 14.8. The third kappa shape index (κ3) is 8.46. The van der Waals surface area contributed by atoms with Crippen molar-refractivity contribution in [2.45, 2.75) is 19.8 Å². The van der Waals surface area contributed by atoms with Crippen LogP contribution in [0.3, 0.4) is 0 Å². The van der Waals surface area contributed by atoms with Gasteiger partial charge in [-0.2, -0.15) is 4.98 Å². The number of guanidine groups is 1. The van der Waals surface area contributed by atoms with Gasteiger partial charge in [-0.05, 0) is 67.3 Å². The quantitative estimate of drug-likeness (QED) is 0.162. The Balaban J connectivity index is 0.00000267. The van der Waals surface area contributed by atoms with Crippen LogP contribution < -0.4 is 26.8 Å². The summed E-state index contributed by atoms with van der Waals surface area (Å²) >= 11 is 0. The number of anilines is 2. The zero-order valence-electron chi connectivity index (χ0n) is 21.8. The summed E-state index contributed by atoms with van der Waals surface area (Å²) in [5, 5.41) is 7.16. The van der Waals surface area contributed by atoms with Gasteiger partial charge in [-0.25, -0.2) is 4.98 Å². The van der Waals surface area contributed by atoms with Crippen LogP contribution in [0.15, 0.2) is 71.7 Å². The van der Waals surface area contributed by atoms with E-state index in [2.05, 4.69) is 37.7 Å². The highest BCUT2D eigenvalue weighted by Crippen LogP contribution is 2.24. The molecule has 206 valence electrons. The summed E-state index contributed by atoms with van der Waals surface area (Å²) in [6.07, 6.45) is 1.54. The number of rotatable bonds is 10. The Hall–Kier alpha value is -4.08. The van der Waals surface area contributed by atoms with Gasteiger partial charge in [0.1, 0.15) is 11.6 Å². The van der Waals surface area contributed by atoms with E-state index in [0.717, 1.165) is 29.3 Å². The van der Waals surface area contributed by atoms with Crippen molar-refractivity contribution < 1.29 is 9.53 Å². The van der Waals surface area contributed by atoms with Crippen molar-refractivity contribution in [2.75, 3.05) is 30.8 Å². The van der Waals surface area contributed by atoms with Crippen LogP contribution >= 0.6 is 24.8 Å². The summed E-state index contributed by atoms with van der Waals surface area (Å²) in [6.45, 7) is 3.21. The van der Waals surface area contributed by atoms with Gasteiger partial charge in [0, 0.05) is 24.0 Å². The maximum atomic E-state index is 12.8. The molecule has 4 rings (SSSR count). The molecule has 0 radical (unpaired) electrons. The Morgan fingerprint density at radius 3 is 2.31 bits per heavy atom. The number of nitrogens with one attached hydrogen (secondary N) is 2. The number of aromatic nitrogens is 2. The number of nitrogens with zero attached hydrogens (tertiary/aromatic N) is 3. The van der Waals surface area contributed by atoms with Gasteiger partial charge < -0.3 is 21.5 Å². The maximum absolute atomic E-state index is 12.8. The van der Waals surface area contributed by atoms with Gasteiger partial charge >= 0.3 is 0 Å². The maximum Gasteiger partial charge on any atom is 0.258 e. The zero-order valence-corrected chi connectivity index (χ0v) is 23.4. The molecule has 0 aliphatic rings. The second-order valence-electron chi connectivity index (χ2n) is 8.60. The Morgan fingerprint density at radius 2 is 1.64 bits per heavy atom. The number of ether oxygens (including phenoxy) is 1. The van der Waals surface area contributed by atoms with E-state index in [4.69, 9.17) is 16.2 Å². The van der Waals surface area contributed by atoms with Crippen molar-refractivity contribution in [2.24, 2.45) is 16.5 Å². The van der Waals surface area contributed by atoms with Gasteiger partial charge in [-0.3, -0.25) is 15.1 Å². The van der Waals surface area contributed by atoms with Crippen LogP contribution in [0.25, 0.3) is 10.9 Å². The molecule has 0 saturated heterocycles. The minimum atomic E-state index is -0.297. The number of amides is 1. The number of aryl methyl sites for hydroxylation is 1. The van der Waals surface area contributed by atoms with E-state index in [1.54, 1.807) is 31.4 Å². The highest BCUT2D eigenvalue weighted by Gasteiger charge is 2.13. The molecule has 0 saturated carbocycles. The number of hydrogen-bond donors (Lipinski definition) is 4. The number of hydrogen-bond acceptors (Lipinski definition) is 6. The monoisotopic (exact) mass is 569 g/mol. The Bertz CT molecular complexity index is 1430. The molecule has 9 nitrogen and oxygen atoms in total. The van der Waals surface area contributed by atoms with Gasteiger partial charge in [0.15, 0.2) is 5.96 Å². The van der Waals surface area contributed by atoms with E-state index in [1.807, 2.05) is 37.3 Å². The summed E-state index contributed by atoms with van der Waals surface area (Å²) in [5.74, 6) is 1.38. The first-order chi connectivity index (χ1) is 17.9. The van der Waals surface area contributed by atoms with E-state index in [0.29, 0.717) is 30.2 Å². The van der Waals surface area contributed by atoms with Gasteiger partial charge in [0.25, 0.3) is 5.91 Å². The first kappa shape index (κ1) is 31.1. The van der Waals surface area contributed by atoms with Crippen LogP contribution in [0.4, 0.5) is 11.8 Å². The molecule has 1 heterocycles. The molecule has 39 heavy (non-hydrogen) atoms. The SMILES string of the molecule is COc1ccc(C(=O)Nc2nc(NCCc3ccccc3CCN=C(N)N)c3cc(C)ccc3n2)cc1.Cl.Cl. The number of halogens is 2. The summed E-state index contributed by atoms with van der Waals surface area (Å²) in [4.78, 5) is 26.1. The molecule has 6 N–H and O–H groups in total. The molecule has 11 heteroatoms. The highest BCUT2D eigenvalue weighted by atomic mass is 35.5. The average Bonchev–Trinajstić information content (AvgIpc) is 2.89. The number of carbonyl (C=O) groups is 1. The van der Waals surface area contributed by atoms with Crippen LogP contribution in [0.5, 0.6) is 5.75 Å². The summed E-state index contributed by atoms with van der Waals surface area (Å²) in [7, 11) is 1.58. The van der Waals surface area contributed by atoms with Gasteiger partial charge in [0.05, 0.1) is 12.6 Å². The number of nitrogens with two attached hydrogens (primary N) is 2. The smallest absolute Gasteiger partial charge is 0.258 e. The summed E-state index contributed by atoms with van der Waals surface area (Å²) in [6, 6.07) is 21.1. The molecule has 0 fully saturated rings. The van der Waals surface area contributed by atoms with Crippen LogP contribution in [0, 0.1) is 6.92 Å². The van der Waals surface area contributed by atoms with Crippen LogP contribution in [-0.4, -0.2) is 42.0 Å². The molecular formula is C28H33Cl2N7O2. The number of benzene rings is 3. The Kier molecular flexibility index (Phi) is 11.8. The molecule has 1 amide bonds. The van der Waals surface area contributed by atoms with Crippen LogP contribution in [0.1, 0.15) is 27.0 Å². The number of fused-ring (bicyclic) bond motifs is 1. The van der Waals surface area contributed by atoms with Gasteiger partial charge in [-0.15, -0.1) is 24.8 Å². The summed E-state index contributed by atoms with van der Waals surface area (Å²) in [5.41, 5.74) is 15.6. The minimum Gasteiger partial charge on any atom is -0.497 e. The predicted molar refractivity (Wildman–Crippen MR) is 163 cm³/mol. The fourth-order valence-corrected chi connectivity index (χ4v) is 4.02. The van der Waals surface area contributed by atoms with E-state index in [-0.39, 0.29) is 42.6 Å². The average molecular weight is 571 g/mol. The van der Waals surface area contributed by atoms with E-state index < -0.39 is 0 Å². The normalized spacial score (nSPS) is 10.1. The van der Waals surface area contributed by atoms with E-state index in [9.17, 15) is 4.79 Å². The molecule has 0 atom stereocenters. The minimum absolute atomic E-state index is 0. The first-order valence-corrected chi connectivity index (χ1v) is 12.0. The first-order valence-electron chi connectivity index (χ1n) is 12.0. The van der Waals surface area contributed by atoms with Crippen molar-refractivity contribution in [1.82, 2.24) is 9.97 Å². The van der Waals surface area contributed by atoms with Crippen LogP contribution in [0.2, 0.25) is 0 Å². The molecule has 0 spiro atoms. The van der Waals surface area contributed by atoms with Crippen molar-refractivity contribution >= 4 is 59.3 Å². The molecule has 0 bridgehead atoms. The number of carbonyl (C=O) groups excluding carboxylic acids is 1. The van der Waals surface area contributed by atoms with Crippen molar-refractivity contribution in [3.8, 4) is 5.75 Å². The van der Waals surface area contributed by atoms with Crippen molar-refractivity contribution in [3.05, 3.63) is 89.0 Å². The molecule has 3 aromatic carbocycles. The lowest BCUT2D eigenvalue weighted by atomic mass is 10.0. The van der Waals surface area contributed by atoms with Crippen LogP contribution in [-0.2, 0) is 12.8 Å². The Labute approximate surface area is 240 Å². The largest absolute Gasteiger partial charge is 0.497 e. The topological polar surface area (TPSA) is 141 Å². The predicted octanol–water partition coefficient (Wildman–Crippen LogP) is 4.51. The third-order valence-corrected chi connectivity index (χ3v) is 5.91. The van der Waals surface area contributed by atoms with Gasteiger partial charge in [0.2, 0.25) is 5.95 Å². The molecular weight excluding hydrogens is 537 g/mol. The standard InChI is InChI=1S/C28H31N7O2.2ClH/c1-18-7-12-24-23(17-18)25(31-15-13-19-5-3-4-6-20(19)14-16-32-27(29)30)34-28(33-24)35-26(36)21-8-10-22(37-2)11-9-21;;/h3-12,17H,13-16H2,1-2H3,(H4,29,30,32)(H2,31,33,34,35,36);2*1H. The number of methoxy groups -OCH3 is 1. The third-order valence-electron chi connectivity index (χ3n) is 5.91. The molecule has 1 aromatic heterocycles. The molecule has 0 aliphatic heterocycles. The van der Waals surface area contributed by atoms with E-state index in [1.165, 1.54) is 11.1 Å². The zero-order chi connectivity index (χ0) is 26.2. The number of aliphatic imine (C=N–C) groups is 1. The van der Waals surface area contributed by atoms with Crippen molar-refractivity contribution in [1.29, 1.82) is 0 Å². The highest BCUT2D eigenvalue weighted by molar-refractivity contribution is 6.04. The fourth-order valence-electron chi connectivity index (χ4n) is 4.02. The van der Waals surface area contributed by atoms with Gasteiger partial charge in [-0.1, -0.05) is 35.9 Å². The fraction of sp³-hybridized carbons (Fsp3) is 0.214. The lowest BCUT2D eigenvalue weighted by Crippen LogP contribution is -2.23. The molecule has 0 unspecified atom stereocenters. The van der Waals surface area contributed by atoms with E-state index >= 15 is 0 Å². The summed E-state index contributed by atoms with van der Waals surface area (Å²) < 4.78 is 5.17. The molecule has 0 aliphatic carbocycles. The second-order valence-corrected chi connectivity index (χ2v) is 8.60. The lowest BCUT2D eigenvalue weighted by molar-refractivity contribution is 0.102. The molecule has 4 aromatic rings. The lowest BCUT2D eigenvalue weighted by Gasteiger charge is -2.13. The van der Waals surface area contributed by atoms with Crippen molar-refractivity contribution in [3.63, 3.8) is 0 Å². The Morgan fingerprint density at radius 1 is 0.949 bits per heavy atom.